The van der Waals surface area contributed by atoms with Gasteiger partial charge in [0.1, 0.15) is 12.4 Å². The summed E-state index contributed by atoms with van der Waals surface area (Å²) in [7, 11) is 0. The van der Waals surface area contributed by atoms with Gasteiger partial charge in [-0.15, -0.1) is 0 Å². The zero-order chi connectivity index (χ0) is 26.4. The fourth-order valence-electron chi connectivity index (χ4n) is 4.82. The van der Waals surface area contributed by atoms with E-state index < -0.39 is 23.9 Å². The number of amides is 3. The Morgan fingerprint density at radius 1 is 0.923 bits per heavy atom. The Morgan fingerprint density at radius 2 is 1.56 bits per heavy atom. The van der Waals surface area contributed by atoms with Gasteiger partial charge in [0, 0.05) is 23.6 Å². The van der Waals surface area contributed by atoms with Crippen LogP contribution in [-0.4, -0.2) is 44.5 Å². The van der Waals surface area contributed by atoms with E-state index in [1.807, 2.05) is 32.0 Å². The Kier molecular flexibility index (Phi) is 11.7. The number of carboxylic acid groups (broad SMARTS) is 1. The molecule has 1 atom stereocenters. The summed E-state index contributed by atoms with van der Waals surface area (Å²) >= 11 is 0. The Balaban J connectivity index is 0.00000267. The van der Waals surface area contributed by atoms with Gasteiger partial charge in [0.05, 0.1) is 11.3 Å². The Labute approximate surface area is 239 Å². The summed E-state index contributed by atoms with van der Waals surface area (Å²) in [4.78, 5) is 46.5. The van der Waals surface area contributed by atoms with Crippen molar-refractivity contribution in [2.24, 2.45) is 5.92 Å². The minimum Gasteiger partial charge on any atom is -0.870 e. The van der Waals surface area contributed by atoms with Gasteiger partial charge in [0.15, 0.2) is 0 Å². The Bertz CT molecular complexity index is 1280. The fourth-order valence-corrected chi connectivity index (χ4v) is 4.82. The number of benzene rings is 2. The monoisotopic (exact) mass is 525 g/mol. The van der Waals surface area contributed by atoms with E-state index in [-0.39, 0.29) is 41.5 Å². The standard InChI is InChI=1S/C28H31N5O4.Li.H2O/c1-17-7-6-8-18(2)24(17)33-28(37)31-23-13-20(21-14-29-16-30-15-21)11-12-22(23)26(34)32-25(27(35)36)19-9-4-3-5-10-19;;/h6-8,11-16,19,25H,3-5,9-10H2,1-2H3,(H,32,34)(H,35,36)(H2,31,33,37);;1H2/q;+1;/p-1/t25-;;/m0../s1. The normalized spacial score (nSPS) is 13.7. The molecule has 0 unspecified atom stereocenters. The first-order valence-corrected chi connectivity index (χ1v) is 12.4. The van der Waals surface area contributed by atoms with Crippen molar-refractivity contribution in [3.05, 3.63) is 71.8 Å². The third kappa shape index (κ3) is 7.89. The maximum Gasteiger partial charge on any atom is 1.00 e. The second kappa shape index (κ2) is 14.4. The summed E-state index contributed by atoms with van der Waals surface area (Å²) < 4.78 is 0. The van der Waals surface area contributed by atoms with Gasteiger partial charge in [-0.1, -0.05) is 43.5 Å². The molecule has 0 radical (unpaired) electrons. The van der Waals surface area contributed by atoms with E-state index in [1.165, 1.54) is 6.33 Å². The van der Waals surface area contributed by atoms with E-state index in [4.69, 9.17) is 0 Å². The maximum absolute atomic E-state index is 13.3. The van der Waals surface area contributed by atoms with Crippen molar-refractivity contribution in [2.45, 2.75) is 52.0 Å². The average molecular weight is 526 g/mol. The van der Waals surface area contributed by atoms with Crippen LogP contribution >= 0.6 is 0 Å². The molecule has 5 N–H and O–H groups in total. The molecule has 2 aromatic carbocycles. The number of rotatable bonds is 7. The number of hydrogen-bond acceptors (Lipinski definition) is 6. The molecule has 1 aliphatic carbocycles. The number of carboxylic acids is 1. The van der Waals surface area contributed by atoms with Crippen molar-refractivity contribution >= 4 is 29.3 Å². The molecule has 1 saturated carbocycles. The number of anilines is 2. The number of aliphatic carboxylic acids is 1. The van der Waals surface area contributed by atoms with E-state index >= 15 is 0 Å². The van der Waals surface area contributed by atoms with Crippen molar-refractivity contribution < 1.29 is 43.8 Å². The summed E-state index contributed by atoms with van der Waals surface area (Å²) in [5, 5.41) is 18.2. The van der Waals surface area contributed by atoms with Crippen LogP contribution in [0.3, 0.4) is 0 Å². The molecule has 200 valence electrons. The molecule has 0 saturated heterocycles. The van der Waals surface area contributed by atoms with Crippen LogP contribution in [-0.2, 0) is 4.79 Å². The van der Waals surface area contributed by atoms with Gasteiger partial charge >= 0.3 is 30.9 Å². The number of urea groups is 1. The molecule has 11 heteroatoms. The Hall–Kier alpha value is -3.71. The van der Waals surface area contributed by atoms with Crippen molar-refractivity contribution in [1.82, 2.24) is 15.3 Å². The van der Waals surface area contributed by atoms with Gasteiger partial charge < -0.3 is 26.5 Å². The van der Waals surface area contributed by atoms with Crippen LogP contribution in [0.1, 0.15) is 53.6 Å². The predicted octanol–water partition coefficient (Wildman–Crippen LogP) is 1.99. The topological polar surface area (TPSA) is 163 Å². The van der Waals surface area contributed by atoms with Crippen molar-refractivity contribution in [3.8, 4) is 11.1 Å². The van der Waals surface area contributed by atoms with Crippen LogP contribution in [0, 0.1) is 19.8 Å². The molecule has 39 heavy (non-hydrogen) atoms. The van der Waals surface area contributed by atoms with E-state index in [0.29, 0.717) is 16.8 Å². The number of nitrogens with one attached hydrogen (secondary N) is 3. The van der Waals surface area contributed by atoms with Gasteiger partial charge in [-0.25, -0.2) is 19.6 Å². The van der Waals surface area contributed by atoms with E-state index in [1.54, 1.807) is 30.6 Å². The van der Waals surface area contributed by atoms with Gasteiger partial charge in [-0.2, -0.15) is 0 Å². The molecule has 4 rings (SSSR count). The summed E-state index contributed by atoms with van der Waals surface area (Å²) in [6, 6.07) is 9.15. The SMILES string of the molecule is Cc1cccc(C)c1NC(=O)Nc1cc(-c2cncnc2)ccc1C(=O)N[C@H](C(=O)O)C1CCCCC1.[Li+].[OH-]. The molecule has 0 spiro atoms. The number of para-hydroxylation sites is 1. The van der Waals surface area contributed by atoms with Crippen molar-refractivity contribution in [2.75, 3.05) is 10.6 Å². The molecular weight excluding hydrogens is 493 g/mol. The quantitative estimate of drug-likeness (QED) is 0.343. The molecule has 0 bridgehead atoms. The van der Waals surface area contributed by atoms with Gasteiger partial charge in [0.2, 0.25) is 0 Å². The first kappa shape index (κ1) is 31.5. The van der Waals surface area contributed by atoms with Crippen molar-refractivity contribution in [1.29, 1.82) is 0 Å². The third-order valence-electron chi connectivity index (χ3n) is 6.80. The number of aryl methyl sites for hydroxylation is 2. The molecule has 3 aromatic rings. The summed E-state index contributed by atoms with van der Waals surface area (Å²) in [5.74, 6) is -1.74. The summed E-state index contributed by atoms with van der Waals surface area (Å²) in [6.45, 7) is 3.80. The van der Waals surface area contributed by atoms with E-state index in [9.17, 15) is 19.5 Å². The molecule has 1 heterocycles. The largest absolute Gasteiger partial charge is 1.00 e. The zero-order valence-corrected chi connectivity index (χ0v) is 22.4. The van der Waals surface area contributed by atoms with Crippen LogP contribution in [0.25, 0.3) is 11.1 Å². The minimum atomic E-state index is -1.06. The molecule has 1 fully saturated rings. The average Bonchev–Trinajstić information content (AvgIpc) is 2.90. The molecule has 10 nitrogen and oxygen atoms in total. The second-order valence-corrected chi connectivity index (χ2v) is 9.42. The number of hydrogen-bond donors (Lipinski definition) is 4. The molecule has 1 aliphatic rings. The molecule has 1 aromatic heterocycles. The van der Waals surface area contributed by atoms with Gasteiger partial charge in [-0.3, -0.25) is 4.79 Å². The van der Waals surface area contributed by atoms with Crippen LogP contribution < -0.4 is 34.8 Å². The summed E-state index contributed by atoms with van der Waals surface area (Å²) in [6.07, 6.45) is 9.16. The molecule has 0 aliphatic heterocycles. The summed E-state index contributed by atoms with van der Waals surface area (Å²) in [5.41, 5.74) is 4.30. The molecular formula is C28H32LiN5O5. The fraction of sp³-hybridized carbons (Fsp3) is 0.321. The number of aromatic nitrogens is 2. The minimum absolute atomic E-state index is 0. The number of carbonyl (C=O) groups excluding carboxylic acids is 2. The van der Waals surface area contributed by atoms with Crippen LogP contribution in [0.5, 0.6) is 0 Å². The van der Waals surface area contributed by atoms with Gasteiger partial charge in [-0.05, 0) is 61.4 Å². The first-order valence-electron chi connectivity index (χ1n) is 12.4. The first-order chi connectivity index (χ1) is 17.8. The zero-order valence-electron chi connectivity index (χ0n) is 22.4. The predicted molar refractivity (Wildman–Crippen MR) is 143 cm³/mol. The van der Waals surface area contributed by atoms with Crippen LogP contribution in [0.2, 0.25) is 0 Å². The number of nitrogens with zero attached hydrogens (tertiary/aromatic N) is 2. The van der Waals surface area contributed by atoms with Crippen LogP contribution in [0.4, 0.5) is 16.2 Å². The Morgan fingerprint density at radius 3 is 2.18 bits per heavy atom. The van der Waals surface area contributed by atoms with E-state index in [0.717, 1.165) is 43.2 Å². The molecule has 3 amide bonds. The van der Waals surface area contributed by atoms with Crippen molar-refractivity contribution in [3.63, 3.8) is 0 Å². The third-order valence-corrected chi connectivity index (χ3v) is 6.80. The van der Waals surface area contributed by atoms with Crippen LogP contribution in [0.15, 0.2) is 55.1 Å². The maximum atomic E-state index is 13.3. The smallest absolute Gasteiger partial charge is 0.870 e. The van der Waals surface area contributed by atoms with E-state index in [2.05, 4.69) is 25.9 Å². The number of carbonyl (C=O) groups is 3. The van der Waals surface area contributed by atoms with Gasteiger partial charge in [0.25, 0.3) is 5.91 Å². The second-order valence-electron chi connectivity index (χ2n) is 9.42.